The number of esters is 1. The minimum Gasteiger partial charge on any atom is -0.494 e. The lowest BCUT2D eigenvalue weighted by Crippen LogP contribution is -2.31. The third-order valence-electron chi connectivity index (χ3n) is 2.41. The number of carbonyl (C=O) groups excluding carboxylic acids is 1. The molecule has 4 nitrogen and oxygen atoms in total. The summed E-state index contributed by atoms with van der Waals surface area (Å²) in [4.78, 5) is 11.5. The fourth-order valence-corrected chi connectivity index (χ4v) is 1.61. The fourth-order valence-electron chi connectivity index (χ4n) is 1.61. The lowest BCUT2D eigenvalue weighted by molar-refractivity contribution is -0.153. The van der Waals surface area contributed by atoms with E-state index in [0.29, 0.717) is 6.54 Å². The van der Waals surface area contributed by atoms with Crippen LogP contribution in [0.2, 0.25) is 0 Å². The highest BCUT2D eigenvalue weighted by Gasteiger charge is 2.15. The quantitative estimate of drug-likeness (QED) is 0.780. The molecule has 0 fully saturated rings. The van der Waals surface area contributed by atoms with E-state index in [-0.39, 0.29) is 12.5 Å². The standard InChI is InChI=1S/C16H25NO3/c1-5-10-19-14-8-6-13(7-9-14)11-17-12-15(18)20-16(2,3)4/h6-9,17H,5,10-12H2,1-4H3. The number of rotatable bonds is 7. The van der Waals surface area contributed by atoms with Gasteiger partial charge in [0.05, 0.1) is 13.2 Å². The molecule has 1 aromatic rings. The molecule has 0 unspecified atom stereocenters. The molecule has 20 heavy (non-hydrogen) atoms. The molecule has 1 rings (SSSR count). The van der Waals surface area contributed by atoms with E-state index < -0.39 is 5.60 Å². The molecule has 0 saturated carbocycles. The topological polar surface area (TPSA) is 47.6 Å². The molecule has 1 aromatic carbocycles. The summed E-state index contributed by atoms with van der Waals surface area (Å²) < 4.78 is 10.7. The van der Waals surface area contributed by atoms with Gasteiger partial charge in [-0.15, -0.1) is 0 Å². The van der Waals surface area contributed by atoms with Crippen LogP contribution in [0, 0.1) is 0 Å². The highest BCUT2D eigenvalue weighted by molar-refractivity contribution is 5.72. The first-order valence-electron chi connectivity index (χ1n) is 7.05. The Labute approximate surface area is 121 Å². The fraction of sp³-hybridized carbons (Fsp3) is 0.562. The second-order valence-corrected chi connectivity index (χ2v) is 5.68. The summed E-state index contributed by atoms with van der Waals surface area (Å²) in [6.07, 6.45) is 0.999. The maximum atomic E-state index is 11.5. The van der Waals surface area contributed by atoms with Gasteiger partial charge in [0.15, 0.2) is 0 Å². The smallest absolute Gasteiger partial charge is 0.320 e. The molecular formula is C16H25NO3. The van der Waals surface area contributed by atoms with Gasteiger partial charge in [-0.05, 0) is 44.9 Å². The van der Waals surface area contributed by atoms with Gasteiger partial charge in [0.1, 0.15) is 11.4 Å². The normalized spacial score (nSPS) is 11.2. The zero-order valence-electron chi connectivity index (χ0n) is 12.9. The van der Waals surface area contributed by atoms with Crippen LogP contribution in [-0.2, 0) is 16.1 Å². The first kappa shape index (κ1) is 16.5. The summed E-state index contributed by atoms with van der Waals surface area (Å²) in [7, 11) is 0. The molecule has 0 saturated heterocycles. The van der Waals surface area contributed by atoms with Gasteiger partial charge in [-0.2, -0.15) is 0 Å². The van der Waals surface area contributed by atoms with E-state index in [1.54, 1.807) is 0 Å². The molecule has 0 aliphatic rings. The van der Waals surface area contributed by atoms with Crippen molar-refractivity contribution >= 4 is 5.97 Å². The minimum atomic E-state index is -0.434. The van der Waals surface area contributed by atoms with E-state index >= 15 is 0 Å². The second-order valence-electron chi connectivity index (χ2n) is 5.68. The van der Waals surface area contributed by atoms with Crippen molar-refractivity contribution in [1.29, 1.82) is 0 Å². The van der Waals surface area contributed by atoms with Crippen LogP contribution in [0.1, 0.15) is 39.7 Å². The Morgan fingerprint density at radius 3 is 2.40 bits per heavy atom. The molecule has 0 bridgehead atoms. The SMILES string of the molecule is CCCOc1ccc(CNCC(=O)OC(C)(C)C)cc1. The Kier molecular flexibility index (Phi) is 6.52. The molecule has 4 heteroatoms. The molecule has 1 N–H and O–H groups in total. The van der Waals surface area contributed by atoms with Crippen molar-refractivity contribution in [2.45, 2.75) is 46.3 Å². The molecule has 112 valence electrons. The van der Waals surface area contributed by atoms with Gasteiger partial charge in [0.25, 0.3) is 0 Å². The monoisotopic (exact) mass is 279 g/mol. The summed E-state index contributed by atoms with van der Waals surface area (Å²) >= 11 is 0. The lowest BCUT2D eigenvalue weighted by atomic mass is 10.2. The van der Waals surface area contributed by atoms with Crippen LogP contribution in [0.15, 0.2) is 24.3 Å². The molecule has 0 amide bonds. The Balaban J connectivity index is 2.30. The van der Waals surface area contributed by atoms with Crippen LogP contribution >= 0.6 is 0 Å². The van der Waals surface area contributed by atoms with Gasteiger partial charge in [-0.25, -0.2) is 0 Å². The Hall–Kier alpha value is -1.55. The Bertz CT molecular complexity index is 407. The summed E-state index contributed by atoms with van der Waals surface area (Å²) in [5.41, 5.74) is 0.675. The van der Waals surface area contributed by atoms with Crippen LogP contribution in [0.4, 0.5) is 0 Å². The van der Waals surface area contributed by atoms with E-state index in [4.69, 9.17) is 9.47 Å². The van der Waals surface area contributed by atoms with Crippen molar-refractivity contribution < 1.29 is 14.3 Å². The number of carbonyl (C=O) groups is 1. The highest BCUT2D eigenvalue weighted by Crippen LogP contribution is 2.12. The van der Waals surface area contributed by atoms with Gasteiger partial charge < -0.3 is 14.8 Å². The van der Waals surface area contributed by atoms with Crippen LogP contribution < -0.4 is 10.1 Å². The third-order valence-corrected chi connectivity index (χ3v) is 2.41. The van der Waals surface area contributed by atoms with Gasteiger partial charge >= 0.3 is 5.97 Å². The predicted octanol–water partition coefficient (Wildman–Crippen LogP) is 2.91. The van der Waals surface area contributed by atoms with Crippen molar-refractivity contribution in [2.75, 3.05) is 13.2 Å². The number of hydrogen-bond acceptors (Lipinski definition) is 4. The van der Waals surface area contributed by atoms with Crippen molar-refractivity contribution in [3.05, 3.63) is 29.8 Å². The zero-order chi connectivity index (χ0) is 15.0. The number of benzene rings is 1. The van der Waals surface area contributed by atoms with E-state index in [1.165, 1.54) is 0 Å². The third kappa shape index (κ3) is 7.14. The van der Waals surface area contributed by atoms with Gasteiger partial charge in [0, 0.05) is 6.54 Å². The maximum Gasteiger partial charge on any atom is 0.320 e. The van der Waals surface area contributed by atoms with Crippen molar-refractivity contribution in [2.24, 2.45) is 0 Å². The van der Waals surface area contributed by atoms with Crippen LogP contribution in [-0.4, -0.2) is 24.7 Å². The highest BCUT2D eigenvalue weighted by atomic mass is 16.6. The molecule has 0 heterocycles. The van der Waals surface area contributed by atoms with Crippen molar-refractivity contribution in [3.63, 3.8) is 0 Å². The molecular weight excluding hydrogens is 254 g/mol. The average Bonchev–Trinajstić information content (AvgIpc) is 2.35. The number of hydrogen-bond donors (Lipinski definition) is 1. The first-order chi connectivity index (χ1) is 9.40. The lowest BCUT2D eigenvalue weighted by Gasteiger charge is -2.19. The zero-order valence-corrected chi connectivity index (χ0v) is 12.9. The van der Waals surface area contributed by atoms with Crippen molar-refractivity contribution in [1.82, 2.24) is 5.32 Å². The van der Waals surface area contributed by atoms with Crippen LogP contribution in [0.3, 0.4) is 0 Å². The van der Waals surface area contributed by atoms with E-state index in [0.717, 1.165) is 24.3 Å². The summed E-state index contributed by atoms with van der Waals surface area (Å²) in [5, 5.41) is 3.07. The largest absolute Gasteiger partial charge is 0.494 e. The van der Waals surface area contributed by atoms with E-state index in [2.05, 4.69) is 12.2 Å². The molecule has 0 aliphatic heterocycles. The number of nitrogens with one attached hydrogen (secondary N) is 1. The summed E-state index contributed by atoms with van der Waals surface area (Å²) in [6, 6.07) is 7.88. The van der Waals surface area contributed by atoms with E-state index in [9.17, 15) is 4.79 Å². The van der Waals surface area contributed by atoms with Crippen LogP contribution in [0.25, 0.3) is 0 Å². The summed E-state index contributed by atoms with van der Waals surface area (Å²) in [6.45, 7) is 9.24. The van der Waals surface area contributed by atoms with Crippen LogP contribution in [0.5, 0.6) is 5.75 Å². The predicted molar refractivity (Wildman–Crippen MR) is 79.8 cm³/mol. The van der Waals surface area contributed by atoms with Gasteiger partial charge in [-0.3, -0.25) is 4.79 Å². The second kappa shape index (κ2) is 7.90. The number of ether oxygens (including phenoxy) is 2. The molecule has 0 aromatic heterocycles. The molecule has 0 spiro atoms. The summed E-state index contributed by atoms with van der Waals surface area (Å²) in [5.74, 6) is 0.642. The average molecular weight is 279 g/mol. The Morgan fingerprint density at radius 2 is 1.85 bits per heavy atom. The molecule has 0 radical (unpaired) electrons. The van der Waals surface area contributed by atoms with Crippen molar-refractivity contribution in [3.8, 4) is 5.75 Å². The maximum absolute atomic E-state index is 11.5. The van der Waals surface area contributed by atoms with Gasteiger partial charge in [-0.1, -0.05) is 19.1 Å². The van der Waals surface area contributed by atoms with E-state index in [1.807, 2.05) is 45.0 Å². The molecule has 0 aliphatic carbocycles. The Morgan fingerprint density at radius 1 is 1.20 bits per heavy atom. The minimum absolute atomic E-state index is 0.214. The first-order valence-corrected chi connectivity index (χ1v) is 7.05. The van der Waals surface area contributed by atoms with Gasteiger partial charge in [0.2, 0.25) is 0 Å². The molecule has 0 atom stereocenters.